The first-order chi connectivity index (χ1) is 8.28. The summed E-state index contributed by atoms with van der Waals surface area (Å²) in [6.07, 6.45) is 3.83. The number of aromatic nitrogens is 2. The minimum Gasteiger partial charge on any atom is -0.399 e. The molecule has 6 heteroatoms. The van der Waals surface area contributed by atoms with E-state index in [9.17, 15) is 0 Å². The van der Waals surface area contributed by atoms with Crippen LogP contribution < -0.4 is 10.5 Å². The predicted molar refractivity (Wildman–Crippen MR) is 75.3 cm³/mol. The number of rotatable bonds is 5. The molecule has 0 saturated carbocycles. The quantitative estimate of drug-likeness (QED) is 0.643. The van der Waals surface area contributed by atoms with Gasteiger partial charge in [0.1, 0.15) is 5.01 Å². The van der Waals surface area contributed by atoms with Crippen molar-refractivity contribution in [1.82, 2.24) is 9.36 Å². The zero-order chi connectivity index (χ0) is 12.1. The summed E-state index contributed by atoms with van der Waals surface area (Å²) in [6, 6.07) is 7.96. The summed E-state index contributed by atoms with van der Waals surface area (Å²) in [5.74, 6) is 0.704. The first-order valence-electron chi connectivity index (χ1n) is 5.24. The number of nitrogens with two attached hydrogens (primary N) is 1. The van der Waals surface area contributed by atoms with Crippen molar-refractivity contribution in [3.63, 3.8) is 0 Å². The Balaban J connectivity index is 1.90. The monoisotopic (exact) mass is 266 g/mol. The Hall–Kier alpha value is -1.27. The molecule has 4 nitrogen and oxygen atoms in total. The van der Waals surface area contributed by atoms with Gasteiger partial charge in [0.05, 0.1) is 0 Å². The lowest BCUT2D eigenvalue weighted by Crippen LogP contribution is -1.92. The number of hydrogen-bond acceptors (Lipinski definition) is 6. The molecular weight excluding hydrogens is 252 g/mol. The number of benzene rings is 1. The number of aryl methyl sites for hydroxylation is 2. The molecule has 17 heavy (non-hydrogen) atoms. The molecule has 90 valence electrons. The van der Waals surface area contributed by atoms with Crippen molar-refractivity contribution >= 4 is 35.1 Å². The summed E-state index contributed by atoms with van der Waals surface area (Å²) in [5.41, 5.74) is 7.71. The molecule has 0 aliphatic carbocycles. The SMILES string of the molecule is CSNc1nsc(CCc2ccc(N)cc2)n1. The maximum absolute atomic E-state index is 5.64. The predicted octanol–water partition coefficient (Wildman–Crippen LogP) is 2.60. The Morgan fingerprint density at radius 2 is 2.06 bits per heavy atom. The van der Waals surface area contributed by atoms with E-state index in [0.29, 0.717) is 5.95 Å². The van der Waals surface area contributed by atoms with Gasteiger partial charge in [-0.2, -0.15) is 4.37 Å². The van der Waals surface area contributed by atoms with E-state index in [1.807, 2.05) is 18.4 Å². The second-order valence-corrected chi connectivity index (χ2v) is 5.01. The van der Waals surface area contributed by atoms with Gasteiger partial charge in [0, 0.05) is 18.4 Å². The van der Waals surface area contributed by atoms with Crippen LogP contribution in [0.3, 0.4) is 0 Å². The van der Waals surface area contributed by atoms with Crippen LogP contribution in [0, 0.1) is 0 Å². The van der Waals surface area contributed by atoms with Gasteiger partial charge in [0.25, 0.3) is 0 Å². The Bertz CT molecular complexity index is 467. The number of nitrogen functional groups attached to an aromatic ring is 1. The van der Waals surface area contributed by atoms with E-state index < -0.39 is 0 Å². The van der Waals surface area contributed by atoms with Crippen LogP contribution in [-0.2, 0) is 12.8 Å². The third kappa shape index (κ3) is 3.61. The van der Waals surface area contributed by atoms with Crippen LogP contribution in [0.4, 0.5) is 11.6 Å². The molecule has 2 aromatic rings. The standard InChI is InChI=1S/C11H14N4S2/c1-16-14-11-13-10(17-15-11)7-4-8-2-5-9(12)6-3-8/h2-3,5-6H,4,7,12H2,1H3,(H,14,15). The first-order valence-corrected chi connectivity index (χ1v) is 7.24. The van der Waals surface area contributed by atoms with Crippen molar-refractivity contribution in [2.75, 3.05) is 16.7 Å². The van der Waals surface area contributed by atoms with E-state index in [0.717, 1.165) is 23.5 Å². The van der Waals surface area contributed by atoms with E-state index >= 15 is 0 Å². The van der Waals surface area contributed by atoms with Crippen LogP contribution in [0.2, 0.25) is 0 Å². The van der Waals surface area contributed by atoms with Gasteiger partial charge >= 0.3 is 0 Å². The zero-order valence-corrected chi connectivity index (χ0v) is 11.1. The molecule has 2 rings (SSSR count). The van der Waals surface area contributed by atoms with Gasteiger partial charge in [-0.1, -0.05) is 24.1 Å². The number of anilines is 2. The van der Waals surface area contributed by atoms with E-state index in [1.165, 1.54) is 29.0 Å². The summed E-state index contributed by atoms with van der Waals surface area (Å²) in [4.78, 5) is 4.38. The van der Waals surface area contributed by atoms with E-state index in [4.69, 9.17) is 5.73 Å². The molecule has 0 fully saturated rings. The van der Waals surface area contributed by atoms with E-state index in [-0.39, 0.29) is 0 Å². The highest BCUT2D eigenvalue weighted by Gasteiger charge is 2.03. The van der Waals surface area contributed by atoms with Gasteiger partial charge in [0.2, 0.25) is 5.95 Å². The highest BCUT2D eigenvalue weighted by atomic mass is 32.2. The van der Waals surface area contributed by atoms with Crippen molar-refractivity contribution in [2.24, 2.45) is 0 Å². The Morgan fingerprint density at radius 3 is 2.76 bits per heavy atom. The molecule has 0 unspecified atom stereocenters. The number of nitrogens with zero attached hydrogens (tertiary/aromatic N) is 2. The molecule has 0 aliphatic heterocycles. The van der Waals surface area contributed by atoms with Crippen LogP contribution in [0.5, 0.6) is 0 Å². The average Bonchev–Trinajstić information content (AvgIpc) is 2.77. The van der Waals surface area contributed by atoms with E-state index in [2.05, 4.69) is 26.2 Å². The van der Waals surface area contributed by atoms with Gasteiger partial charge in [-0.05, 0) is 35.6 Å². The highest BCUT2D eigenvalue weighted by Crippen LogP contribution is 2.14. The lowest BCUT2D eigenvalue weighted by Gasteiger charge is -1.99. The van der Waals surface area contributed by atoms with Crippen molar-refractivity contribution in [3.8, 4) is 0 Å². The Labute approximate surface area is 109 Å². The summed E-state index contributed by atoms with van der Waals surface area (Å²) >= 11 is 2.95. The second-order valence-electron chi connectivity index (χ2n) is 3.56. The highest BCUT2D eigenvalue weighted by molar-refractivity contribution is 7.99. The molecule has 0 atom stereocenters. The van der Waals surface area contributed by atoms with Gasteiger partial charge in [-0.3, -0.25) is 4.72 Å². The first kappa shape index (κ1) is 12.2. The lowest BCUT2D eigenvalue weighted by atomic mass is 10.1. The third-order valence-corrected chi connectivity index (χ3v) is 3.43. The zero-order valence-electron chi connectivity index (χ0n) is 9.51. The Kier molecular flexibility index (Phi) is 4.22. The van der Waals surface area contributed by atoms with Crippen molar-refractivity contribution in [1.29, 1.82) is 0 Å². The van der Waals surface area contributed by atoms with Crippen LogP contribution in [0.25, 0.3) is 0 Å². The molecular formula is C11H14N4S2. The fraction of sp³-hybridized carbons (Fsp3) is 0.273. The van der Waals surface area contributed by atoms with Crippen molar-refractivity contribution in [2.45, 2.75) is 12.8 Å². The van der Waals surface area contributed by atoms with Crippen LogP contribution >= 0.6 is 23.5 Å². The maximum atomic E-state index is 5.64. The molecule has 3 N–H and O–H groups in total. The minimum absolute atomic E-state index is 0.704. The largest absolute Gasteiger partial charge is 0.399 e. The summed E-state index contributed by atoms with van der Waals surface area (Å²) in [6.45, 7) is 0. The number of hydrogen-bond donors (Lipinski definition) is 2. The summed E-state index contributed by atoms with van der Waals surface area (Å²) in [7, 11) is 0. The normalized spacial score (nSPS) is 10.4. The Morgan fingerprint density at radius 1 is 1.29 bits per heavy atom. The van der Waals surface area contributed by atoms with Gasteiger partial charge in [-0.15, -0.1) is 0 Å². The number of nitrogens with one attached hydrogen (secondary N) is 1. The minimum atomic E-state index is 0.704. The molecule has 0 amide bonds. The topological polar surface area (TPSA) is 63.8 Å². The van der Waals surface area contributed by atoms with Crippen LogP contribution in [-0.4, -0.2) is 15.6 Å². The molecule has 1 aromatic heterocycles. The fourth-order valence-electron chi connectivity index (χ4n) is 1.42. The molecule has 1 aromatic carbocycles. The fourth-order valence-corrected chi connectivity index (χ4v) is 2.36. The molecule has 0 radical (unpaired) electrons. The summed E-state index contributed by atoms with van der Waals surface area (Å²) in [5, 5.41) is 1.05. The molecule has 0 saturated heterocycles. The molecule has 0 spiro atoms. The van der Waals surface area contributed by atoms with Gasteiger partial charge in [0.15, 0.2) is 0 Å². The van der Waals surface area contributed by atoms with Gasteiger partial charge < -0.3 is 5.73 Å². The molecule has 0 aliphatic rings. The third-order valence-electron chi connectivity index (χ3n) is 2.27. The van der Waals surface area contributed by atoms with Crippen LogP contribution in [0.15, 0.2) is 24.3 Å². The second kappa shape index (κ2) is 5.88. The lowest BCUT2D eigenvalue weighted by molar-refractivity contribution is 0.945. The van der Waals surface area contributed by atoms with Gasteiger partial charge in [-0.25, -0.2) is 4.98 Å². The smallest absolute Gasteiger partial charge is 0.244 e. The van der Waals surface area contributed by atoms with E-state index in [1.54, 1.807) is 0 Å². The van der Waals surface area contributed by atoms with Crippen LogP contribution in [0.1, 0.15) is 10.6 Å². The van der Waals surface area contributed by atoms with Crippen molar-refractivity contribution in [3.05, 3.63) is 34.8 Å². The average molecular weight is 266 g/mol. The maximum Gasteiger partial charge on any atom is 0.244 e. The van der Waals surface area contributed by atoms with Crippen molar-refractivity contribution < 1.29 is 0 Å². The molecule has 1 heterocycles. The summed E-state index contributed by atoms with van der Waals surface area (Å²) < 4.78 is 7.23. The molecule has 0 bridgehead atoms.